The zero-order valence-corrected chi connectivity index (χ0v) is 13.8. The number of rotatable bonds is 3. The molecule has 0 saturated carbocycles. The summed E-state index contributed by atoms with van der Waals surface area (Å²) >= 11 is 5.89. The van der Waals surface area contributed by atoms with Gasteiger partial charge in [0.05, 0.1) is 0 Å². The minimum absolute atomic E-state index is 0.0222. The SMILES string of the molecule is O=C1NC(=O)C(Cc2ccc(Cl)cc2)([N+]2(O)CCCCC2)C(=O)N1. The van der Waals surface area contributed by atoms with Crippen molar-refractivity contribution in [2.45, 2.75) is 31.2 Å². The van der Waals surface area contributed by atoms with Gasteiger partial charge in [0.1, 0.15) is 13.1 Å². The van der Waals surface area contributed by atoms with Crippen LogP contribution in [0.4, 0.5) is 4.79 Å². The van der Waals surface area contributed by atoms with Crippen molar-refractivity contribution in [2.75, 3.05) is 13.1 Å². The Balaban J connectivity index is 2.06. The third-order valence-electron chi connectivity index (χ3n) is 4.85. The smallest absolute Gasteiger partial charge is 0.272 e. The summed E-state index contributed by atoms with van der Waals surface area (Å²) in [5.41, 5.74) is -1.11. The van der Waals surface area contributed by atoms with Gasteiger partial charge in [0.25, 0.3) is 5.54 Å². The Morgan fingerprint density at radius 2 is 1.54 bits per heavy atom. The highest BCUT2D eigenvalue weighted by molar-refractivity contribution is 6.30. The first-order valence-corrected chi connectivity index (χ1v) is 8.26. The van der Waals surface area contributed by atoms with Crippen LogP contribution in [0, 0.1) is 0 Å². The number of halogens is 1. The summed E-state index contributed by atoms with van der Waals surface area (Å²) in [6, 6.07) is 5.87. The summed E-state index contributed by atoms with van der Waals surface area (Å²) in [6.45, 7) is 0.561. The summed E-state index contributed by atoms with van der Waals surface area (Å²) in [5, 5.41) is 16.0. The molecule has 0 aromatic heterocycles. The Morgan fingerprint density at radius 1 is 1.00 bits per heavy atom. The van der Waals surface area contributed by atoms with E-state index in [1.807, 2.05) is 0 Å². The number of imide groups is 2. The molecule has 2 heterocycles. The Labute approximate surface area is 144 Å². The normalized spacial score (nSPS) is 22.7. The van der Waals surface area contributed by atoms with Crippen molar-refractivity contribution >= 4 is 29.4 Å². The number of piperidine rings is 1. The maximum absolute atomic E-state index is 12.7. The molecule has 24 heavy (non-hydrogen) atoms. The minimum atomic E-state index is -1.79. The lowest BCUT2D eigenvalue weighted by atomic mass is 9.83. The zero-order valence-electron chi connectivity index (χ0n) is 13.0. The molecule has 128 valence electrons. The molecule has 2 fully saturated rings. The van der Waals surface area contributed by atoms with Crippen LogP contribution < -0.4 is 10.6 Å². The van der Waals surface area contributed by atoms with Crippen molar-refractivity contribution in [3.63, 3.8) is 0 Å². The van der Waals surface area contributed by atoms with E-state index in [1.165, 1.54) is 0 Å². The van der Waals surface area contributed by atoms with Crippen molar-refractivity contribution in [1.82, 2.24) is 10.6 Å². The Kier molecular flexibility index (Phi) is 4.33. The lowest BCUT2D eigenvalue weighted by Gasteiger charge is -2.47. The number of quaternary nitrogens is 1. The van der Waals surface area contributed by atoms with E-state index in [-0.39, 0.29) is 19.5 Å². The molecule has 0 radical (unpaired) electrons. The monoisotopic (exact) mass is 352 g/mol. The van der Waals surface area contributed by atoms with Crippen LogP contribution in [0.25, 0.3) is 0 Å². The zero-order chi connectivity index (χ0) is 17.4. The van der Waals surface area contributed by atoms with Crippen LogP contribution in [0.2, 0.25) is 5.02 Å². The van der Waals surface area contributed by atoms with Gasteiger partial charge in [-0.25, -0.2) is 10.0 Å². The highest BCUT2D eigenvalue weighted by Crippen LogP contribution is 2.34. The fraction of sp³-hybridized carbons (Fsp3) is 0.438. The van der Waals surface area contributed by atoms with E-state index >= 15 is 0 Å². The fourth-order valence-electron chi connectivity index (χ4n) is 3.55. The van der Waals surface area contributed by atoms with Gasteiger partial charge in [-0.1, -0.05) is 23.7 Å². The van der Waals surface area contributed by atoms with Crippen molar-refractivity contribution < 1.29 is 24.2 Å². The summed E-state index contributed by atoms with van der Waals surface area (Å²) in [7, 11) is 0. The number of carbonyl (C=O) groups excluding carboxylic acids is 3. The van der Waals surface area contributed by atoms with Crippen LogP contribution in [-0.2, 0) is 16.0 Å². The van der Waals surface area contributed by atoms with Gasteiger partial charge in [-0.05, 0) is 37.0 Å². The van der Waals surface area contributed by atoms with E-state index < -0.39 is 28.0 Å². The van der Waals surface area contributed by atoms with Crippen LogP contribution in [-0.4, -0.2) is 46.3 Å². The molecule has 0 spiro atoms. The van der Waals surface area contributed by atoms with Gasteiger partial charge >= 0.3 is 17.8 Å². The second-order valence-corrected chi connectivity index (χ2v) is 6.77. The van der Waals surface area contributed by atoms with Crippen LogP contribution in [0.1, 0.15) is 24.8 Å². The predicted molar refractivity (Wildman–Crippen MR) is 85.2 cm³/mol. The molecule has 4 amide bonds. The first-order chi connectivity index (χ1) is 11.4. The molecule has 7 nitrogen and oxygen atoms in total. The van der Waals surface area contributed by atoms with Gasteiger partial charge in [0.2, 0.25) is 0 Å². The van der Waals surface area contributed by atoms with Crippen molar-refractivity contribution in [2.24, 2.45) is 0 Å². The Bertz CT molecular complexity index is 663. The molecule has 3 rings (SSSR count). The largest absolute Gasteiger partial charge is 0.328 e. The van der Waals surface area contributed by atoms with Gasteiger partial charge in [0.15, 0.2) is 0 Å². The van der Waals surface area contributed by atoms with Crippen molar-refractivity contribution in [3.05, 3.63) is 34.9 Å². The number of hydrogen-bond acceptors (Lipinski definition) is 4. The van der Waals surface area contributed by atoms with Crippen LogP contribution in [0.5, 0.6) is 0 Å². The molecule has 0 unspecified atom stereocenters. The second-order valence-electron chi connectivity index (χ2n) is 6.33. The van der Waals surface area contributed by atoms with Gasteiger partial charge in [-0.2, -0.15) is 4.65 Å². The molecule has 8 heteroatoms. The molecule has 2 aliphatic heterocycles. The molecule has 0 atom stereocenters. The highest BCUT2D eigenvalue weighted by Gasteiger charge is 2.66. The molecular weight excluding hydrogens is 334 g/mol. The van der Waals surface area contributed by atoms with Gasteiger partial charge < -0.3 is 0 Å². The molecular formula is C16H19ClN3O4+. The lowest BCUT2D eigenvalue weighted by molar-refractivity contribution is -1.13. The quantitative estimate of drug-likeness (QED) is 0.565. The van der Waals surface area contributed by atoms with Crippen LogP contribution in [0.3, 0.4) is 0 Å². The number of carbonyl (C=O) groups is 3. The van der Waals surface area contributed by atoms with E-state index in [9.17, 15) is 19.6 Å². The maximum Gasteiger partial charge on any atom is 0.328 e. The summed E-state index contributed by atoms with van der Waals surface area (Å²) < 4.78 is -0.694. The standard InChI is InChI=1S/C16H18ClN3O4/c17-12-6-4-11(5-7-12)10-16(20(24)8-2-1-3-9-20)13(21)18-15(23)19-14(16)22/h4-7,24H,1-3,8-10H2,(H-,18,19,21,22,23)/p+1. The summed E-state index contributed by atoms with van der Waals surface area (Å²) in [6.07, 6.45) is 2.31. The number of barbiturate groups is 1. The fourth-order valence-corrected chi connectivity index (χ4v) is 3.67. The van der Waals surface area contributed by atoms with Gasteiger partial charge in [-0.15, -0.1) is 0 Å². The number of nitrogens with one attached hydrogen (secondary N) is 2. The van der Waals surface area contributed by atoms with Gasteiger partial charge in [-0.3, -0.25) is 20.2 Å². The molecule has 1 aromatic carbocycles. The molecule has 0 bridgehead atoms. The highest BCUT2D eigenvalue weighted by atomic mass is 35.5. The topological polar surface area (TPSA) is 95.5 Å². The number of likely N-dealkylation sites (tertiary alicyclic amines) is 1. The van der Waals surface area contributed by atoms with Crippen LogP contribution in [0.15, 0.2) is 24.3 Å². The Morgan fingerprint density at radius 3 is 2.08 bits per heavy atom. The first-order valence-electron chi connectivity index (χ1n) is 7.89. The first kappa shape index (κ1) is 16.9. The van der Waals surface area contributed by atoms with E-state index in [1.54, 1.807) is 24.3 Å². The number of nitrogens with zero attached hydrogens (tertiary/aromatic N) is 1. The van der Waals surface area contributed by atoms with E-state index in [4.69, 9.17) is 11.6 Å². The maximum atomic E-state index is 12.7. The van der Waals surface area contributed by atoms with E-state index in [2.05, 4.69) is 10.6 Å². The molecule has 0 aliphatic carbocycles. The average Bonchev–Trinajstić information content (AvgIpc) is 2.53. The van der Waals surface area contributed by atoms with E-state index in [0.29, 0.717) is 23.4 Å². The average molecular weight is 353 g/mol. The molecule has 2 saturated heterocycles. The predicted octanol–water partition coefficient (Wildman–Crippen LogP) is 1.38. The number of hydroxylamine groups is 3. The minimum Gasteiger partial charge on any atom is -0.272 e. The second kappa shape index (κ2) is 6.16. The number of urea groups is 1. The third-order valence-corrected chi connectivity index (χ3v) is 5.10. The number of amides is 4. The lowest BCUT2D eigenvalue weighted by Crippen LogP contribution is -2.80. The van der Waals surface area contributed by atoms with Gasteiger partial charge in [0, 0.05) is 11.4 Å². The summed E-state index contributed by atoms with van der Waals surface area (Å²) in [5.74, 6) is -1.54. The number of hydrogen-bond donors (Lipinski definition) is 3. The molecule has 2 aliphatic rings. The third kappa shape index (κ3) is 2.68. The Hall–Kier alpha value is -1.96. The molecule has 3 N–H and O–H groups in total. The van der Waals surface area contributed by atoms with Crippen molar-refractivity contribution in [1.29, 1.82) is 0 Å². The number of benzene rings is 1. The van der Waals surface area contributed by atoms with Crippen LogP contribution >= 0.6 is 11.6 Å². The summed E-state index contributed by atoms with van der Waals surface area (Å²) in [4.78, 5) is 36.9. The van der Waals surface area contributed by atoms with Crippen molar-refractivity contribution in [3.8, 4) is 0 Å². The molecule has 1 aromatic rings. The van der Waals surface area contributed by atoms with E-state index in [0.717, 1.165) is 6.42 Å².